The number of aromatic nitrogens is 2. The molecular weight excluding hydrogens is 234 g/mol. The van der Waals surface area contributed by atoms with Crippen molar-refractivity contribution in [3.8, 4) is 10.8 Å². The Morgan fingerprint density at radius 1 is 1.24 bits per heavy atom. The van der Waals surface area contributed by atoms with Crippen LogP contribution in [0, 0.1) is 0 Å². The molecule has 0 aromatic carbocycles. The summed E-state index contributed by atoms with van der Waals surface area (Å²) in [6.07, 6.45) is 6.31. The molecule has 0 spiro atoms. The molecule has 0 saturated heterocycles. The van der Waals surface area contributed by atoms with E-state index in [1.54, 1.807) is 11.3 Å². The van der Waals surface area contributed by atoms with Crippen LogP contribution in [0.5, 0.6) is 0 Å². The van der Waals surface area contributed by atoms with Crippen LogP contribution in [0.15, 0.2) is 10.5 Å². The number of thiophene rings is 1. The van der Waals surface area contributed by atoms with E-state index in [-0.39, 0.29) is 0 Å². The molecule has 2 N–H and O–H groups in total. The molecule has 0 atom stereocenters. The lowest BCUT2D eigenvalue weighted by Crippen LogP contribution is -1.95. The standard InChI is InChI=1S/C12H15N3OS/c13-7-11-14-15-12(16-11)10-6-8-4-2-1-3-5-9(8)17-10/h6H,1-5,7,13H2. The molecule has 0 fully saturated rings. The number of hydrogen-bond acceptors (Lipinski definition) is 5. The number of nitrogens with two attached hydrogens (primary N) is 1. The fourth-order valence-electron chi connectivity index (χ4n) is 2.21. The SMILES string of the molecule is NCc1nnc(-c2cc3c(s2)CCCCC3)o1. The average Bonchev–Trinajstić information content (AvgIpc) is 2.92. The Hall–Kier alpha value is -1.20. The average molecular weight is 249 g/mol. The van der Waals surface area contributed by atoms with Crippen LogP contribution in [0.4, 0.5) is 0 Å². The number of aryl methyl sites for hydroxylation is 2. The molecule has 1 aliphatic carbocycles. The van der Waals surface area contributed by atoms with E-state index >= 15 is 0 Å². The second kappa shape index (κ2) is 4.58. The summed E-state index contributed by atoms with van der Waals surface area (Å²) in [5.74, 6) is 1.12. The van der Waals surface area contributed by atoms with Crippen LogP contribution in [0.3, 0.4) is 0 Å². The van der Waals surface area contributed by atoms with Crippen molar-refractivity contribution >= 4 is 11.3 Å². The van der Waals surface area contributed by atoms with E-state index in [2.05, 4.69) is 16.3 Å². The number of hydrogen-bond donors (Lipinski definition) is 1. The maximum atomic E-state index is 5.49. The summed E-state index contributed by atoms with van der Waals surface area (Å²) < 4.78 is 5.49. The third-order valence-electron chi connectivity index (χ3n) is 3.10. The maximum absolute atomic E-state index is 5.49. The van der Waals surface area contributed by atoms with Gasteiger partial charge in [-0.05, 0) is 37.3 Å². The van der Waals surface area contributed by atoms with Crippen LogP contribution < -0.4 is 5.73 Å². The van der Waals surface area contributed by atoms with E-state index in [1.807, 2.05) is 0 Å². The minimum absolute atomic E-state index is 0.304. The molecule has 17 heavy (non-hydrogen) atoms. The van der Waals surface area contributed by atoms with E-state index in [0.29, 0.717) is 18.3 Å². The normalized spacial score (nSPS) is 15.6. The predicted molar refractivity (Wildman–Crippen MR) is 66.8 cm³/mol. The van der Waals surface area contributed by atoms with Crippen molar-refractivity contribution in [2.24, 2.45) is 5.73 Å². The maximum Gasteiger partial charge on any atom is 0.257 e. The lowest BCUT2D eigenvalue weighted by Gasteiger charge is -1.92. The quantitative estimate of drug-likeness (QED) is 0.831. The third-order valence-corrected chi connectivity index (χ3v) is 4.32. The van der Waals surface area contributed by atoms with Gasteiger partial charge in [-0.1, -0.05) is 6.42 Å². The summed E-state index contributed by atoms with van der Waals surface area (Å²) in [5, 5.41) is 7.94. The van der Waals surface area contributed by atoms with Gasteiger partial charge < -0.3 is 10.2 Å². The monoisotopic (exact) mass is 249 g/mol. The third kappa shape index (κ3) is 2.12. The smallest absolute Gasteiger partial charge is 0.257 e. The van der Waals surface area contributed by atoms with E-state index in [0.717, 1.165) is 4.88 Å². The number of rotatable bonds is 2. The second-order valence-corrected chi connectivity index (χ2v) is 5.46. The van der Waals surface area contributed by atoms with E-state index in [4.69, 9.17) is 10.2 Å². The summed E-state index contributed by atoms with van der Waals surface area (Å²) in [7, 11) is 0. The number of fused-ring (bicyclic) bond motifs is 1. The fraction of sp³-hybridized carbons (Fsp3) is 0.500. The molecular formula is C12H15N3OS. The van der Waals surface area contributed by atoms with Gasteiger partial charge in [0.25, 0.3) is 5.89 Å². The zero-order chi connectivity index (χ0) is 11.7. The van der Waals surface area contributed by atoms with Crippen molar-refractivity contribution in [2.45, 2.75) is 38.6 Å². The molecule has 0 aliphatic heterocycles. The fourth-order valence-corrected chi connectivity index (χ4v) is 3.38. The molecule has 0 saturated carbocycles. The van der Waals surface area contributed by atoms with Gasteiger partial charge >= 0.3 is 0 Å². The number of nitrogens with zero attached hydrogens (tertiary/aromatic N) is 2. The van der Waals surface area contributed by atoms with Gasteiger partial charge in [0.1, 0.15) is 0 Å². The lowest BCUT2D eigenvalue weighted by atomic mass is 10.1. The Bertz CT molecular complexity index is 494. The zero-order valence-corrected chi connectivity index (χ0v) is 10.4. The van der Waals surface area contributed by atoms with Gasteiger partial charge in [0.15, 0.2) is 0 Å². The van der Waals surface area contributed by atoms with Crippen LogP contribution in [-0.4, -0.2) is 10.2 Å². The van der Waals surface area contributed by atoms with Crippen LogP contribution >= 0.6 is 11.3 Å². The molecule has 0 unspecified atom stereocenters. The first kappa shape index (κ1) is 10.9. The Morgan fingerprint density at radius 2 is 2.12 bits per heavy atom. The van der Waals surface area contributed by atoms with Crippen LogP contribution in [-0.2, 0) is 19.4 Å². The van der Waals surface area contributed by atoms with Gasteiger partial charge in [0.2, 0.25) is 5.89 Å². The summed E-state index contributed by atoms with van der Waals surface area (Å²) >= 11 is 1.79. The molecule has 2 aromatic heterocycles. The minimum atomic E-state index is 0.304. The summed E-state index contributed by atoms with van der Waals surface area (Å²) in [4.78, 5) is 2.58. The second-order valence-electron chi connectivity index (χ2n) is 4.32. The predicted octanol–water partition coefficient (Wildman–Crippen LogP) is 2.53. The minimum Gasteiger partial charge on any atom is -0.419 e. The van der Waals surface area contributed by atoms with Crippen LogP contribution in [0.25, 0.3) is 10.8 Å². The molecule has 1 aliphatic rings. The molecule has 0 amide bonds. The highest BCUT2D eigenvalue weighted by Gasteiger charge is 2.16. The summed E-state index contributed by atoms with van der Waals surface area (Å²) in [6, 6.07) is 2.21. The summed E-state index contributed by atoms with van der Waals surface area (Å²) in [5.41, 5.74) is 6.93. The Morgan fingerprint density at radius 3 is 2.94 bits per heavy atom. The van der Waals surface area contributed by atoms with Gasteiger partial charge in [-0.25, -0.2) is 0 Å². The van der Waals surface area contributed by atoms with Crippen molar-refractivity contribution in [1.29, 1.82) is 0 Å². The molecule has 2 aromatic rings. The van der Waals surface area contributed by atoms with Crippen LogP contribution in [0.1, 0.15) is 35.6 Å². The van der Waals surface area contributed by atoms with E-state index in [1.165, 1.54) is 42.5 Å². The molecule has 5 heteroatoms. The molecule has 4 nitrogen and oxygen atoms in total. The Balaban J connectivity index is 1.93. The molecule has 0 radical (unpaired) electrons. The molecule has 0 bridgehead atoms. The van der Waals surface area contributed by atoms with Gasteiger partial charge in [0, 0.05) is 4.88 Å². The summed E-state index contributed by atoms with van der Waals surface area (Å²) in [6.45, 7) is 0.304. The lowest BCUT2D eigenvalue weighted by molar-refractivity contribution is 0.509. The zero-order valence-electron chi connectivity index (χ0n) is 9.61. The van der Waals surface area contributed by atoms with E-state index < -0.39 is 0 Å². The Labute approximate surface area is 104 Å². The molecule has 90 valence electrons. The van der Waals surface area contributed by atoms with Gasteiger partial charge in [0.05, 0.1) is 11.4 Å². The largest absolute Gasteiger partial charge is 0.419 e. The Kier molecular flexibility index (Phi) is 2.94. The van der Waals surface area contributed by atoms with E-state index in [9.17, 15) is 0 Å². The van der Waals surface area contributed by atoms with Crippen LogP contribution in [0.2, 0.25) is 0 Å². The highest BCUT2D eigenvalue weighted by Crippen LogP contribution is 2.34. The van der Waals surface area contributed by atoms with Gasteiger partial charge in [-0.2, -0.15) is 0 Å². The molecule has 3 rings (SSSR count). The highest BCUT2D eigenvalue weighted by atomic mass is 32.1. The van der Waals surface area contributed by atoms with Crippen molar-refractivity contribution in [3.63, 3.8) is 0 Å². The molecule has 2 heterocycles. The first-order valence-corrected chi connectivity index (χ1v) is 6.83. The first-order chi connectivity index (χ1) is 8.36. The van der Waals surface area contributed by atoms with Gasteiger partial charge in [-0.15, -0.1) is 21.5 Å². The van der Waals surface area contributed by atoms with Gasteiger partial charge in [-0.3, -0.25) is 0 Å². The van der Waals surface area contributed by atoms with Crippen molar-refractivity contribution in [3.05, 3.63) is 22.4 Å². The van der Waals surface area contributed by atoms with Crippen molar-refractivity contribution < 1.29 is 4.42 Å². The first-order valence-electron chi connectivity index (χ1n) is 6.01. The van der Waals surface area contributed by atoms with Crippen molar-refractivity contribution in [2.75, 3.05) is 0 Å². The van der Waals surface area contributed by atoms with Crippen molar-refractivity contribution in [1.82, 2.24) is 10.2 Å². The highest BCUT2D eigenvalue weighted by molar-refractivity contribution is 7.15. The topological polar surface area (TPSA) is 64.9 Å².